The molecule has 36 heavy (non-hydrogen) atoms. The van der Waals surface area contributed by atoms with Crippen molar-refractivity contribution in [3.8, 4) is 0 Å². The summed E-state index contributed by atoms with van der Waals surface area (Å²) in [7, 11) is 0. The molecule has 0 spiro atoms. The number of carboxylic acids is 1. The molecule has 14 nitrogen and oxygen atoms in total. The average Bonchev–Trinajstić information content (AvgIpc) is 3.25. The zero-order valence-electron chi connectivity index (χ0n) is 19.3. The number of aliphatic carboxylic acids is 1. The Bertz CT molecular complexity index is 1100. The van der Waals surface area contributed by atoms with Crippen molar-refractivity contribution in [3.05, 3.63) is 36.0 Å². The summed E-state index contributed by atoms with van der Waals surface area (Å²) in [6, 6.07) is 1.61. The Balaban J connectivity index is 2.22. The van der Waals surface area contributed by atoms with E-state index in [1.54, 1.807) is 18.3 Å². The van der Waals surface area contributed by atoms with Gasteiger partial charge in [0.15, 0.2) is 0 Å². The number of hydrogen-bond acceptors (Lipinski definition) is 8. The zero-order valence-corrected chi connectivity index (χ0v) is 19.3. The van der Waals surface area contributed by atoms with Crippen LogP contribution in [0.2, 0.25) is 0 Å². The Morgan fingerprint density at radius 1 is 0.889 bits per heavy atom. The molecule has 0 aliphatic heterocycles. The Morgan fingerprint density at radius 2 is 1.47 bits per heavy atom. The maximum absolute atomic E-state index is 13.1. The number of fused-ring (bicyclic) bond motifs is 1. The molecule has 0 aliphatic carbocycles. The van der Waals surface area contributed by atoms with Crippen LogP contribution in [0.5, 0.6) is 0 Å². The van der Waals surface area contributed by atoms with Crippen molar-refractivity contribution in [3.63, 3.8) is 0 Å². The number of nitrogens with two attached hydrogens (primary N) is 2. The van der Waals surface area contributed by atoms with E-state index in [1.165, 1.54) is 0 Å². The van der Waals surface area contributed by atoms with Gasteiger partial charge in [-0.15, -0.1) is 0 Å². The highest BCUT2D eigenvalue weighted by Crippen LogP contribution is 2.19. The zero-order chi connectivity index (χ0) is 26.8. The lowest BCUT2D eigenvalue weighted by atomic mass is 10.0. The number of aliphatic hydroxyl groups excluding tert-OH is 2. The number of H-pyrrole nitrogens is 1. The average molecular weight is 507 g/mol. The Morgan fingerprint density at radius 3 is 2.08 bits per heavy atom. The Hall–Kier alpha value is -4.01. The third-order valence-corrected chi connectivity index (χ3v) is 5.38. The first kappa shape index (κ1) is 28.2. The van der Waals surface area contributed by atoms with Gasteiger partial charge in [0.2, 0.25) is 23.6 Å². The van der Waals surface area contributed by atoms with Gasteiger partial charge < -0.3 is 47.7 Å². The quantitative estimate of drug-likeness (QED) is 0.125. The molecule has 0 saturated carbocycles. The minimum absolute atomic E-state index is 0.0295. The van der Waals surface area contributed by atoms with Gasteiger partial charge in [-0.3, -0.25) is 19.2 Å². The molecular weight excluding hydrogens is 476 g/mol. The molecule has 4 amide bonds. The SMILES string of the molecule is NC(=O)CCC(N)C(=O)NC(Cc1c[nH]c2ccccc12)C(=O)NC(CO)C(=O)NC(CO)C(=O)O. The molecule has 1 heterocycles. The summed E-state index contributed by atoms with van der Waals surface area (Å²) in [6.07, 6.45) is 1.43. The molecule has 0 bridgehead atoms. The number of aromatic nitrogens is 1. The predicted octanol–water partition coefficient (Wildman–Crippen LogP) is -3.17. The van der Waals surface area contributed by atoms with Crippen molar-refractivity contribution in [2.45, 2.75) is 43.4 Å². The van der Waals surface area contributed by atoms with E-state index >= 15 is 0 Å². The first-order valence-electron chi connectivity index (χ1n) is 11.0. The van der Waals surface area contributed by atoms with Gasteiger partial charge in [-0.05, 0) is 18.1 Å². The van der Waals surface area contributed by atoms with Gasteiger partial charge in [-0.1, -0.05) is 18.2 Å². The minimum atomic E-state index is -1.64. The van der Waals surface area contributed by atoms with E-state index in [9.17, 15) is 29.1 Å². The van der Waals surface area contributed by atoms with Crippen molar-refractivity contribution in [1.82, 2.24) is 20.9 Å². The van der Waals surface area contributed by atoms with E-state index in [2.05, 4.69) is 15.6 Å². The normalized spacial score (nSPS) is 14.3. The fourth-order valence-electron chi connectivity index (χ4n) is 3.36. The van der Waals surface area contributed by atoms with E-state index in [0.717, 1.165) is 10.9 Å². The molecule has 2 aromatic rings. The van der Waals surface area contributed by atoms with Gasteiger partial charge in [0.25, 0.3) is 0 Å². The maximum atomic E-state index is 13.1. The van der Waals surface area contributed by atoms with Gasteiger partial charge in [0, 0.05) is 29.9 Å². The highest BCUT2D eigenvalue weighted by molar-refractivity contribution is 5.95. The van der Waals surface area contributed by atoms with Gasteiger partial charge in [-0.25, -0.2) is 4.79 Å². The van der Waals surface area contributed by atoms with E-state index in [-0.39, 0.29) is 19.3 Å². The van der Waals surface area contributed by atoms with Crippen molar-refractivity contribution in [2.75, 3.05) is 13.2 Å². The van der Waals surface area contributed by atoms with Crippen molar-refractivity contribution in [2.24, 2.45) is 11.5 Å². The number of carboxylic acid groups (broad SMARTS) is 1. The lowest BCUT2D eigenvalue weighted by Crippen LogP contribution is -2.58. The highest BCUT2D eigenvalue weighted by Gasteiger charge is 2.30. The largest absolute Gasteiger partial charge is 0.480 e. The molecule has 0 radical (unpaired) electrons. The molecular formula is C22H30N6O8. The number of hydrogen-bond donors (Lipinski definition) is 9. The number of aliphatic hydroxyl groups is 2. The van der Waals surface area contributed by atoms with E-state index in [1.807, 2.05) is 17.4 Å². The predicted molar refractivity (Wildman–Crippen MR) is 126 cm³/mol. The summed E-state index contributed by atoms with van der Waals surface area (Å²) >= 11 is 0. The third-order valence-electron chi connectivity index (χ3n) is 5.38. The van der Waals surface area contributed by atoms with Crippen molar-refractivity contribution >= 4 is 40.5 Å². The van der Waals surface area contributed by atoms with E-state index in [4.69, 9.17) is 21.7 Å². The Labute approximate surface area is 205 Å². The number of para-hydroxylation sites is 1. The summed E-state index contributed by atoms with van der Waals surface area (Å²) in [5.74, 6) is -4.81. The van der Waals surface area contributed by atoms with Gasteiger partial charge >= 0.3 is 5.97 Å². The fourth-order valence-corrected chi connectivity index (χ4v) is 3.36. The summed E-state index contributed by atoms with van der Waals surface area (Å²) in [5, 5.41) is 35.2. The molecule has 196 valence electrons. The van der Waals surface area contributed by atoms with Gasteiger partial charge in [0.1, 0.15) is 18.1 Å². The molecule has 0 aliphatic rings. The van der Waals surface area contributed by atoms with Gasteiger partial charge in [0.05, 0.1) is 19.3 Å². The number of primary amides is 1. The van der Waals surface area contributed by atoms with Crippen LogP contribution in [-0.4, -0.2) is 87.3 Å². The molecule has 1 aromatic carbocycles. The topological polar surface area (TPSA) is 250 Å². The second-order valence-electron chi connectivity index (χ2n) is 8.06. The van der Waals surface area contributed by atoms with Crippen LogP contribution >= 0.6 is 0 Å². The summed E-state index contributed by atoms with van der Waals surface area (Å²) < 4.78 is 0. The van der Waals surface area contributed by atoms with E-state index in [0.29, 0.717) is 5.56 Å². The van der Waals surface area contributed by atoms with E-state index < -0.39 is 67.0 Å². The molecule has 0 fully saturated rings. The highest BCUT2D eigenvalue weighted by atomic mass is 16.4. The molecule has 4 atom stereocenters. The lowest BCUT2D eigenvalue weighted by molar-refractivity contribution is -0.143. The molecule has 14 heteroatoms. The smallest absolute Gasteiger partial charge is 0.328 e. The maximum Gasteiger partial charge on any atom is 0.328 e. The van der Waals surface area contributed by atoms with Crippen LogP contribution in [0.3, 0.4) is 0 Å². The molecule has 2 rings (SSSR count). The summed E-state index contributed by atoms with van der Waals surface area (Å²) in [6.45, 7) is -1.79. The van der Waals surface area contributed by atoms with Crippen LogP contribution in [0, 0.1) is 0 Å². The standard InChI is InChI=1S/C22H30N6O8/c23-13(5-6-18(24)31)19(32)26-15(7-11-8-25-14-4-2-1-3-12(11)14)20(33)27-16(9-29)21(34)28-17(10-30)22(35)36/h1-4,8,13,15-17,25,29-30H,5-7,9-10,23H2,(H2,24,31)(H,26,32)(H,27,33)(H,28,34)(H,35,36). The van der Waals surface area contributed by atoms with Crippen LogP contribution < -0.4 is 27.4 Å². The summed E-state index contributed by atoms with van der Waals surface area (Å²) in [5.41, 5.74) is 12.3. The van der Waals surface area contributed by atoms with Crippen molar-refractivity contribution in [1.29, 1.82) is 0 Å². The van der Waals surface area contributed by atoms with Crippen LogP contribution in [0.1, 0.15) is 18.4 Å². The number of amides is 4. The van der Waals surface area contributed by atoms with Crippen LogP contribution in [0.4, 0.5) is 0 Å². The lowest BCUT2D eigenvalue weighted by Gasteiger charge is -2.24. The fraction of sp³-hybridized carbons (Fsp3) is 0.409. The number of carbonyl (C=O) groups is 5. The minimum Gasteiger partial charge on any atom is -0.480 e. The van der Waals surface area contributed by atoms with Crippen molar-refractivity contribution < 1.29 is 39.3 Å². The molecule has 11 N–H and O–H groups in total. The number of aromatic amines is 1. The second-order valence-corrected chi connectivity index (χ2v) is 8.06. The first-order valence-corrected chi connectivity index (χ1v) is 11.0. The number of nitrogens with one attached hydrogen (secondary N) is 4. The number of rotatable bonds is 14. The third kappa shape index (κ3) is 7.76. The van der Waals surface area contributed by atoms with Crippen LogP contribution in [0.15, 0.2) is 30.5 Å². The van der Waals surface area contributed by atoms with Crippen LogP contribution in [-0.2, 0) is 30.4 Å². The van der Waals surface area contributed by atoms with Gasteiger partial charge in [-0.2, -0.15) is 0 Å². The second kappa shape index (κ2) is 13.2. The molecule has 4 unspecified atom stereocenters. The number of benzene rings is 1. The molecule has 1 aromatic heterocycles. The molecule has 0 saturated heterocycles. The van der Waals surface area contributed by atoms with Crippen LogP contribution in [0.25, 0.3) is 10.9 Å². The Kier molecular flexibility index (Phi) is 10.3. The summed E-state index contributed by atoms with van der Waals surface area (Å²) in [4.78, 5) is 63.2. The first-order chi connectivity index (χ1) is 17.1. The number of carbonyl (C=O) groups excluding carboxylic acids is 4. The monoisotopic (exact) mass is 506 g/mol.